The van der Waals surface area contributed by atoms with Gasteiger partial charge in [-0.3, -0.25) is 5.10 Å². The summed E-state index contributed by atoms with van der Waals surface area (Å²) in [5.74, 6) is 1.40. The second kappa shape index (κ2) is 1.84. The molecule has 2 atom stereocenters. The molecule has 0 amide bonds. The van der Waals surface area contributed by atoms with Crippen LogP contribution in [0, 0.1) is 0 Å². The molecule has 0 aliphatic heterocycles. The molecule has 10 heavy (non-hydrogen) atoms. The van der Waals surface area contributed by atoms with Gasteiger partial charge in [-0.15, -0.1) is 0 Å². The number of nitrogens with one attached hydrogen (secondary N) is 1. The molecule has 0 saturated heterocycles. The van der Waals surface area contributed by atoms with Crippen molar-refractivity contribution < 1.29 is 0 Å². The van der Waals surface area contributed by atoms with E-state index < -0.39 is 0 Å². The maximum atomic E-state index is 4.02. The molecule has 0 aromatic carbocycles. The second-order valence-electron chi connectivity index (χ2n) is 3.28. The minimum Gasteiger partial charge on any atom is -0.282 e. The fourth-order valence-corrected chi connectivity index (χ4v) is 1.87. The lowest BCUT2D eigenvalue weighted by Crippen LogP contribution is -1.87. The third kappa shape index (κ3) is 0.618. The second-order valence-corrected chi connectivity index (χ2v) is 3.28. The summed E-state index contributed by atoms with van der Waals surface area (Å²) in [6.07, 6.45) is 3.24. The molecule has 0 fully saturated rings. The van der Waals surface area contributed by atoms with Crippen LogP contribution in [0.25, 0.3) is 0 Å². The molecule has 1 aromatic heterocycles. The Kier molecular flexibility index (Phi) is 1.10. The fraction of sp³-hybridized carbons (Fsp3) is 0.625. The van der Waals surface area contributed by atoms with Crippen LogP contribution in [-0.2, 0) is 0 Å². The highest BCUT2D eigenvalue weighted by molar-refractivity contribution is 5.29. The number of fused-ring (bicyclic) bond motifs is 1. The van der Waals surface area contributed by atoms with E-state index in [2.05, 4.69) is 24.0 Å². The molecule has 0 spiro atoms. The van der Waals surface area contributed by atoms with Crippen LogP contribution in [0.4, 0.5) is 0 Å². The number of hydrogen-bond acceptors (Lipinski definition) is 1. The van der Waals surface area contributed by atoms with Gasteiger partial charge in [-0.1, -0.05) is 13.8 Å². The van der Waals surface area contributed by atoms with Gasteiger partial charge in [0.05, 0.1) is 6.20 Å². The Morgan fingerprint density at radius 3 is 3.00 bits per heavy atom. The summed E-state index contributed by atoms with van der Waals surface area (Å²) in [4.78, 5) is 0. The SMILES string of the molecule is CC1CC(C)c2[nH]ncc21. The van der Waals surface area contributed by atoms with Crippen molar-refractivity contribution in [3.8, 4) is 0 Å². The summed E-state index contributed by atoms with van der Waals surface area (Å²) in [6.45, 7) is 4.51. The third-order valence-corrected chi connectivity index (χ3v) is 2.43. The van der Waals surface area contributed by atoms with E-state index >= 15 is 0 Å². The minimum atomic E-state index is 0.687. The van der Waals surface area contributed by atoms with Crippen LogP contribution in [0.2, 0.25) is 0 Å². The number of nitrogens with zero attached hydrogens (tertiary/aromatic N) is 1. The van der Waals surface area contributed by atoms with Gasteiger partial charge in [0.25, 0.3) is 0 Å². The van der Waals surface area contributed by atoms with E-state index in [1.165, 1.54) is 17.7 Å². The molecule has 1 aromatic rings. The maximum Gasteiger partial charge on any atom is 0.0524 e. The summed E-state index contributed by atoms with van der Waals surface area (Å²) in [5.41, 5.74) is 2.78. The highest BCUT2D eigenvalue weighted by Crippen LogP contribution is 2.39. The van der Waals surface area contributed by atoms with Gasteiger partial charge in [-0.05, 0) is 23.8 Å². The van der Waals surface area contributed by atoms with Gasteiger partial charge in [-0.2, -0.15) is 5.10 Å². The first-order valence-electron chi connectivity index (χ1n) is 3.82. The van der Waals surface area contributed by atoms with Crippen LogP contribution in [0.5, 0.6) is 0 Å². The Morgan fingerprint density at radius 1 is 1.50 bits per heavy atom. The summed E-state index contributed by atoms with van der Waals surface area (Å²) in [5, 5.41) is 7.07. The van der Waals surface area contributed by atoms with Gasteiger partial charge < -0.3 is 0 Å². The van der Waals surface area contributed by atoms with E-state index in [1.54, 1.807) is 0 Å². The lowest BCUT2D eigenvalue weighted by atomic mass is 10.1. The van der Waals surface area contributed by atoms with Crippen molar-refractivity contribution in [2.24, 2.45) is 0 Å². The number of hydrogen-bond donors (Lipinski definition) is 1. The summed E-state index contributed by atoms with van der Waals surface area (Å²) >= 11 is 0. The molecule has 0 saturated carbocycles. The Balaban J connectivity index is 2.48. The Bertz CT molecular complexity index is 217. The highest BCUT2D eigenvalue weighted by Gasteiger charge is 2.26. The van der Waals surface area contributed by atoms with Gasteiger partial charge in [-0.25, -0.2) is 0 Å². The van der Waals surface area contributed by atoms with Gasteiger partial charge in [0, 0.05) is 5.69 Å². The quantitative estimate of drug-likeness (QED) is 0.580. The first-order valence-corrected chi connectivity index (χ1v) is 3.82. The molecule has 2 rings (SSSR count). The Hall–Kier alpha value is -0.790. The van der Waals surface area contributed by atoms with E-state index in [-0.39, 0.29) is 0 Å². The average molecular weight is 136 g/mol. The van der Waals surface area contributed by atoms with Gasteiger partial charge in [0.1, 0.15) is 0 Å². The van der Waals surface area contributed by atoms with E-state index in [4.69, 9.17) is 0 Å². The van der Waals surface area contributed by atoms with E-state index in [0.29, 0.717) is 11.8 Å². The van der Waals surface area contributed by atoms with Crippen LogP contribution in [-0.4, -0.2) is 10.2 Å². The summed E-state index contributed by atoms with van der Waals surface area (Å²) in [7, 11) is 0. The standard InChI is InChI=1S/C8H12N2/c1-5-3-6(2)8-7(5)4-9-10-8/h4-6H,3H2,1-2H3,(H,9,10). The van der Waals surface area contributed by atoms with Crippen molar-refractivity contribution in [2.75, 3.05) is 0 Å². The summed E-state index contributed by atoms with van der Waals surface area (Å²) < 4.78 is 0. The number of aromatic amines is 1. The third-order valence-electron chi connectivity index (χ3n) is 2.43. The molecular weight excluding hydrogens is 124 g/mol. The van der Waals surface area contributed by atoms with Gasteiger partial charge in [0.2, 0.25) is 0 Å². The highest BCUT2D eigenvalue weighted by atomic mass is 15.1. The van der Waals surface area contributed by atoms with Crippen molar-refractivity contribution in [3.05, 3.63) is 17.5 Å². The lowest BCUT2D eigenvalue weighted by Gasteiger charge is -1.99. The molecule has 1 heterocycles. The maximum absolute atomic E-state index is 4.02. The summed E-state index contributed by atoms with van der Waals surface area (Å²) in [6, 6.07) is 0. The predicted molar refractivity (Wildman–Crippen MR) is 40.0 cm³/mol. The average Bonchev–Trinajstić information content (AvgIpc) is 2.39. The topological polar surface area (TPSA) is 28.7 Å². The zero-order valence-corrected chi connectivity index (χ0v) is 6.39. The zero-order chi connectivity index (χ0) is 7.14. The van der Waals surface area contributed by atoms with Gasteiger partial charge >= 0.3 is 0 Å². The number of aromatic nitrogens is 2. The van der Waals surface area contributed by atoms with Crippen LogP contribution in [0.3, 0.4) is 0 Å². The molecule has 0 radical (unpaired) electrons. The lowest BCUT2D eigenvalue weighted by molar-refractivity contribution is 0.644. The molecule has 2 nitrogen and oxygen atoms in total. The van der Waals surface area contributed by atoms with E-state index in [1.807, 2.05) is 6.20 Å². The van der Waals surface area contributed by atoms with Crippen molar-refractivity contribution >= 4 is 0 Å². The molecule has 2 unspecified atom stereocenters. The molecule has 1 aliphatic carbocycles. The predicted octanol–water partition coefficient (Wildman–Crippen LogP) is 2.02. The molecule has 2 heteroatoms. The number of rotatable bonds is 0. The Labute approximate surface area is 60.6 Å². The van der Waals surface area contributed by atoms with Crippen LogP contribution < -0.4 is 0 Å². The van der Waals surface area contributed by atoms with E-state index in [0.717, 1.165) is 0 Å². The monoisotopic (exact) mass is 136 g/mol. The Morgan fingerprint density at radius 2 is 2.30 bits per heavy atom. The fourth-order valence-electron chi connectivity index (χ4n) is 1.87. The van der Waals surface area contributed by atoms with Crippen molar-refractivity contribution in [3.63, 3.8) is 0 Å². The largest absolute Gasteiger partial charge is 0.282 e. The minimum absolute atomic E-state index is 0.687. The van der Waals surface area contributed by atoms with Crippen LogP contribution >= 0.6 is 0 Å². The van der Waals surface area contributed by atoms with Crippen LogP contribution in [0.1, 0.15) is 43.4 Å². The van der Waals surface area contributed by atoms with Crippen molar-refractivity contribution in [2.45, 2.75) is 32.1 Å². The molecule has 1 N–H and O–H groups in total. The van der Waals surface area contributed by atoms with Gasteiger partial charge in [0.15, 0.2) is 0 Å². The van der Waals surface area contributed by atoms with Crippen molar-refractivity contribution in [1.29, 1.82) is 0 Å². The number of H-pyrrole nitrogens is 1. The molecule has 0 bridgehead atoms. The normalized spacial score (nSPS) is 30.6. The van der Waals surface area contributed by atoms with E-state index in [9.17, 15) is 0 Å². The first kappa shape index (κ1) is 5.96. The molecular formula is C8H12N2. The zero-order valence-electron chi connectivity index (χ0n) is 6.39. The smallest absolute Gasteiger partial charge is 0.0524 e. The van der Waals surface area contributed by atoms with Crippen molar-refractivity contribution in [1.82, 2.24) is 10.2 Å². The van der Waals surface area contributed by atoms with Crippen LogP contribution in [0.15, 0.2) is 6.20 Å². The molecule has 1 aliphatic rings. The molecule has 54 valence electrons. The first-order chi connectivity index (χ1) is 4.79.